The third-order valence-corrected chi connectivity index (χ3v) is 4.68. The van der Waals surface area contributed by atoms with Crippen LogP contribution in [0.25, 0.3) is 0 Å². The van der Waals surface area contributed by atoms with E-state index in [0.29, 0.717) is 25.9 Å². The molecule has 1 saturated carbocycles. The lowest BCUT2D eigenvalue weighted by Crippen LogP contribution is -2.37. The van der Waals surface area contributed by atoms with Crippen LogP contribution in [0.5, 0.6) is 0 Å². The van der Waals surface area contributed by atoms with Crippen molar-refractivity contribution < 1.29 is 8.78 Å². The monoisotopic (exact) mass is 352 g/mol. The molecule has 1 spiro atoms. The molecule has 1 aliphatic heterocycles. The number of rotatable bonds is 1. The van der Waals surface area contributed by atoms with E-state index >= 15 is 0 Å². The van der Waals surface area contributed by atoms with E-state index in [4.69, 9.17) is 0 Å². The number of anilines is 1. The summed E-state index contributed by atoms with van der Waals surface area (Å²) in [6, 6.07) is 2.01. The van der Waals surface area contributed by atoms with Gasteiger partial charge in [0.05, 0.1) is 0 Å². The molecule has 19 heavy (non-hydrogen) atoms. The van der Waals surface area contributed by atoms with Crippen LogP contribution in [0.15, 0.2) is 16.7 Å². The molecule has 0 bridgehead atoms. The zero-order chi connectivity index (χ0) is 13.0. The van der Waals surface area contributed by atoms with E-state index in [1.54, 1.807) is 6.20 Å². The molecule has 0 radical (unpaired) electrons. The number of hydrogen-bond donors (Lipinski definition) is 0. The van der Waals surface area contributed by atoms with Crippen molar-refractivity contribution in [3.63, 3.8) is 0 Å². The highest BCUT2D eigenvalue weighted by molar-refractivity contribution is 9.10. The Bertz CT molecular complexity index is 488. The number of pyridine rings is 1. The van der Waals surface area contributed by atoms with Gasteiger partial charge in [-0.05, 0) is 47.3 Å². The fraction of sp³-hybridized carbons (Fsp3) is 0.615. The maximum absolute atomic E-state index is 13.3. The Kier molecular flexibility index (Phi) is 3.82. The third kappa shape index (κ3) is 2.47. The summed E-state index contributed by atoms with van der Waals surface area (Å²) in [4.78, 5) is 6.52. The highest BCUT2D eigenvalue weighted by Gasteiger charge is 2.70. The molecule has 2 fully saturated rings. The van der Waals surface area contributed by atoms with Crippen LogP contribution in [-0.2, 0) is 0 Å². The van der Waals surface area contributed by atoms with Gasteiger partial charge in [0.25, 0.3) is 5.92 Å². The average molecular weight is 354 g/mol. The van der Waals surface area contributed by atoms with Crippen LogP contribution in [0, 0.1) is 12.3 Å². The minimum absolute atomic E-state index is 0. The molecule has 2 aliphatic rings. The fourth-order valence-electron chi connectivity index (χ4n) is 2.93. The molecule has 0 unspecified atom stereocenters. The van der Waals surface area contributed by atoms with Crippen LogP contribution >= 0.6 is 28.3 Å². The van der Waals surface area contributed by atoms with Crippen LogP contribution < -0.4 is 4.90 Å². The molecule has 1 aromatic rings. The first-order chi connectivity index (χ1) is 8.44. The molecule has 0 aromatic carbocycles. The lowest BCUT2D eigenvalue weighted by atomic mass is 9.92. The van der Waals surface area contributed by atoms with Gasteiger partial charge < -0.3 is 4.90 Å². The van der Waals surface area contributed by atoms with E-state index in [1.165, 1.54) is 0 Å². The fourth-order valence-corrected chi connectivity index (χ4v) is 3.38. The quantitative estimate of drug-likeness (QED) is 0.752. The number of nitrogens with zero attached hydrogens (tertiary/aromatic N) is 2. The summed E-state index contributed by atoms with van der Waals surface area (Å²) in [5.74, 6) is -1.49. The van der Waals surface area contributed by atoms with E-state index in [1.807, 2.05) is 13.0 Å². The van der Waals surface area contributed by atoms with Crippen LogP contribution in [0.2, 0.25) is 0 Å². The largest absolute Gasteiger partial charge is 0.356 e. The second-order valence-electron chi connectivity index (χ2n) is 5.44. The summed E-state index contributed by atoms with van der Waals surface area (Å²) in [7, 11) is 0. The van der Waals surface area contributed by atoms with Crippen LogP contribution in [-0.4, -0.2) is 24.0 Å². The van der Waals surface area contributed by atoms with Crippen molar-refractivity contribution in [1.29, 1.82) is 0 Å². The van der Waals surface area contributed by atoms with Gasteiger partial charge in [-0.2, -0.15) is 0 Å². The Labute approximate surface area is 126 Å². The van der Waals surface area contributed by atoms with Gasteiger partial charge in [0.1, 0.15) is 5.82 Å². The molecular formula is C13H16BrClF2N2. The van der Waals surface area contributed by atoms with Crippen molar-refractivity contribution in [2.75, 3.05) is 18.0 Å². The van der Waals surface area contributed by atoms with E-state index < -0.39 is 11.3 Å². The van der Waals surface area contributed by atoms with Crippen molar-refractivity contribution >= 4 is 34.2 Å². The summed E-state index contributed by atoms with van der Waals surface area (Å²) in [6.45, 7) is 3.37. The van der Waals surface area contributed by atoms with Crippen molar-refractivity contribution in [2.24, 2.45) is 5.41 Å². The molecular weight excluding hydrogens is 338 g/mol. The Morgan fingerprint density at radius 1 is 1.32 bits per heavy atom. The van der Waals surface area contributed by atoms with Gasteiger partial charge in [-0.3, -0.25) is 0 Å². The molecule has 1 aromatic heterocycles. The molecule has 0 atom stereocenters. The molecule has 1 saturated heterocycles. The molecule has 2 heterocycles. The van der Waals surface area contributed by atoms with Crippen molar-refractivity contribution in [1.82, 2.24) is 4.98 Å². The Morgan fingerprint density at radius 2 is 1.89 bits per heavy atom. The van der Waals surface area contributed by atoms with E-state index in [9.17, 15) is 8.78 Å². The van der Waals surface area contributed by atoms with Gasteiger partial charge in [0.15, 0.2) is 0 Å². The number of aryl methyl sites for hydroxylation is 1. The predicted octanol–water partition coefficient (Wildman–Crippen LogP) is 4.20. The molecule has 0 amide bonds. The van der Waals surface area contributed by atoms with Crippen molar-refractivity contribution in [3.8, 4) is 0 Å². The number of aromatic nitrogens is 1. The topological polar surface area (TPSA) is 16.1 Å². The summed E-state index contributed by atoms with van der Waals surface area (Å²) in [6.07, 6.45) is 3.01. The lowest BCUT2D eigenvalue weighted by molar-refractivity contribution is 0.0536. The highest BCUT2D eigenvalue weighted by atomic mass is 79.9. The highest BCUT2D eigenvalue weighted by Crippen LogP contribution is 2.65. The third-order valence-electron chi connectivity index (χ3n) is 4.25. The van der Waals surface area contributed by atoms with Crippen molar-refractivity contribution in [3.05, 3.63) is 22.3 Å². The van der Waals surface area contributed by atoms with Gasteiger partial charge in [-0.25, -0.2) is 13.8 Å². The first kappa shape index (κ1) is 15.0. The second kappa shape index (κ2) is 4.85. The predicted molar refractivity (Wildman–Crippen MR) is 77.4 cm³/mol. The molecule has 0 N–H and O–H groups in total. The van der Waals surface area contributed by atoms with Crippen molar-refractivity contribution in [2.45, 2.75) is 32.1 Å². The van der Waals surface area contributed by atoms with Gasteiger partial charge in [0, 0.05) is 35.6 Å². The number of alkyl halides is 2. The van der Waals surface area contributed by atoms with Crippen LogP contribution in [0.4, 0.5) is 14.6 Å². The second-order valence-corrected chi connectivity index (χ2v) is 6.36. The summed E-state index contributed by atoms with van der Waals surface area (Å²) in [5.41, 5.74) is 0.398. The summed E-state index contributed by atoms with van der Waals surface area (Å²) in [5, 5.41) is 0. The number of halogens is 4. The zero-order valence-electron chi connectivity index (χ0n) is 10.6. The molecule has 2 nitrogen and oxygen atoms in total. The Morgan fingerprint density at radius 3 is 2.37 bits per heavy atom. The maximum atomic E-state index is 13.3. The van der Waals surface area contributed by atoms with Gasteiger partial charge in [0.2, 0.25) is 0 Å². The molecule has 1 aliphatic carbocycles. The van der Waals surface area contributed by atoms with Crippen LogP contribution in [0.3, 0.4) is 0 Å². The van der Waals surface area contributed by atoms with Gasteiger partial charge in [-0.1, -0.05) is 0 Å². The molecule has 3 rings (SSSR count). The molecule has 6 heteroatoms. The normalized spacial score (nSPS) is 23.1. The van der Waals surface area contributed by atoms with E-state index in [-0.39, 0.29) is 18.8 Å². The first-order valence-corrected chi connectivity index (χ1v) is 6.98. The maximum Gasteiger partial charge on any atom is 0.254 e. The number of hydrogen-bond acceptors (Lipinski definition) is 2. The first-order valence-electron chi connectivity index (χ1n) is 6.19. The van der Waals surface area contributed by atoms with Gasteiger partial charge >= 0.3 is 0 Å². The van der Waals surface area contributed by atoms with Crippen LogP contribution in [0.1, 0.15) is 24.8 Å². The lowest BCUT2D eigenvalue weighted by Gasteiger charge is -2.33. The molecule has 106 valence electrons. The Hall–Kier alpha value is -0.420. The zero-order valence-corrected chi connectivity index (χ0v) is 13.0. The minimum Gasteiger partial charge on any atom is -0.356 e. The SMILES string of the molecule is Cc1cc(Br)cnc1N1CCC2(CC1)CC2(F)F.Cl. The average Bonchev–Trinajstić information content (AvgIpc) is 2.82. The number of piperidine rings is 1. The smallest absolute Gasteiger partial charge is 0.254 e. The summed E-state index contributed by atoms with van der Waals surface area (Å²) < 4.78 is 27.5. The van der Waals surface area contributed by atoms with E-state index in [0.717, 1.165) is 15.9 Å². The Balaban J connectivity index is 0.00000133. The van der Waals surface area contributed by atoms with E-state index in [2.05, 4.69) is 25.8 Å². The minimum atomic E-state index is -2.42. The van der Waals surface area contributed by atoms with Gasteiger partial charge in [-0.15, -0.1) is 12.4 Å². The summed E-state index contributed by atoms with van der Waals surface area (Å²) >= 11 is 3.38. The standard InChI is InChI=1S/C13H15BrF2N2.ClH/c1-9-6-10(14)7-17-11(9)18-4-2-12(3-5-18)8-13(12,15)16;/h6-7H,2-5,8H2,1H3;1H.